The van der Waals surface area contributed by atoms with Crippen molar-refractivity contribution in [3.8, 4) is 5.75 Å². The molecule has 1 N–H and O–H groups in total. The van der Waals surface area contributed by atoms with E-state index in [-0.39, 0.29) is 11.7 Å². The van der Waals surface area contributed by atoms with E-state index in [4.69, 9.17) is 0 Å². The molecule has 22 heavy (non-hydrogen) atoms. The highest BCUT2D eigenvalue weighted by atomic mass is 32.1. The number of amides is 1. The maximum atomic E-state index is 12.5. The van der Waals surface area contributed by atoms with E-state index in [0.29, 0.717) is 12.1 Å². The van der Waals surface area contributed by atoms with Gasteiger partial charge in [-0.1, -0.05) is 23.8 Å². The fourth-order valence-corrected chi connectivity index (χ4v) is 3.31. The van der Waals surface area contributed by atoms with E-state index < -0.39 is 0 Å². The monoisotopic (exact) mass is 312 g/mol. The number of aryl methyl sites for hydroxylation is 1. The molecule has 0 saturated heterocycles. The number of carbonyl (C=O) groups is 1. The van der Waals surface area contributed by atoms with Gasteiger partial charge in [0, 0.05) is 7.05 Å². The molecule has 1 amide bonds. The average Bonchev–Trinajstić information content (AvgIpc) is 2.91. The van der Waals surface area contributed by atoms with Crippen molar-refractivity contribution in [1.82, 2.24) is 9.88 Å². The van der Waals surface area contributed by atoms with Gasteiger partial charge in [-0.3, -0.25) is 4.79 Å². The lowest BCUT2D eigenvalue weighted by Crippen LogP contribution is -2.26. The zero-order valence-electron chi connectivity index (χ0n) is 12.4. The molecular weight excluding hydrogens is 296 g/mol. The van der Waals surface area contributed by atoms with Crippen molar-refractivity contribution >= 4 is 27.5 Å². The quantitative estimate of drug-likeness (QED) is 0.804. The lowest BCUT2D eigenvalue weighted by atomic mass is 10.1. The number of para-hydroxylation sites is 1. The number of nitrogens with zero attached hydrogens (tertiary/aromatic N) is 2. The van der Waals surface area contributed by atoms with Crippen LogP contribution in [0.2, 0.25) is 0 Å². The van der Waals surface area contributed by atoms with Crippen LogP contribution in [0.1, 0.15) is 20.9 Å². The van der Waals surface area contributed by atoms with Crippen LogP contribution in [0.5, 0.6) is 5.75 Å². The molecule has 0 atom stereocenters. The molecule has 4 nitrogen and oxygen atoms in total. The van der Waals surface area contributed by atoms with E-state index >= 15 is 0 Å². The normalized spacial score (nSPS) is 10.8. The van der Waals surface area contributed by atoms with Crippen LogP contribution in [0.4, 0.5) is 0 Å². The summed E-state index contributed by atoms with van der Waals surface area (Å²) in [5.74, 6) is -0.202. The Morgan fingerprint density at radius 2 is 2.05 bits per heavy atom. The molecule has 2 aromatic carbocycles. The van der Waals surface area contributed by atoms with Gasteiger partial charge >= 0.3 is 0 Å². The molecule has 5 heteroatoms. The van der Waals surface area contributed by atoms with Crippen LogP contribution < -0.4 is 0 Å². The third-order valence-corrected chi connectivity index (χ3v) is 4.46. The summed E-state index contributed by atoms with van der Waals surface area (Å²) < 4.78 is 1.11. The molecule has 3 aromatic rings. The molecule has 0 radical (unpaired) electrons. The van der Waals surface area contributed by atoms with Gasteiger partial charge in [-0.15, -0.1) is 11.3 Å². The summed E-state index contributed by atoms with van der Waals surface area (Å²) >= 11 is 1.58. The van der Waals surface area contributed by atoms with Gasteiger partial charge in [-0.25, -0.2) is 4.98 Å². The highest BCUT2D eigenvalue weighted by molar-refractivity contribution is 7.18. The Labute approximate surface area is 132 Å². The standard InChI is InChI=1S/C17H16N2O2S/c1-11-7-8-14(20)12(9-11)17(21)19(2)10-16-18-13-5-3-4-6-15(13)22-16/h3-9,20H,10H2,1-2H3. The second-order valence-corrected chi connectivity index (χ2v) is 6.37. The number of carbonyl (C=O) groups excluding carboxylic acids is 1. The van der Waals surface area contributed by atoms with Crippen molar-refractivity contribution in [1.29, 1.82) is 0 Å². The minimum Gasteiger partial charge on any atom is -0.507 e. The fourth-order valence-electron chi connectivity index (χ4n) is 2.29. The molecule has 0 spiro atoms. The molecular formula is C17H16N2O2S. The van der Waals surface area contributed by atoms with Crippen molar-refractivity contribution in [2.75, 3.05) is 7.05 Å². The fraction of sp³-hybridized carbons (Fsp3) is 0.176. The van der Waals surface area contributed by atoms with E-state index in [9.17, 15) is 9.90 Å². The molecule has 112 valence electrons. The first-order chi connectivity index (χ1) is 10.5. The Balaban J connectivity index is 1.82. The predicted octanol–water partition coefficient (Wildman–Crippen LogP) is 3.58. The number of aromatic nitrogens is 1. The van der Waals surface area contributed by atoms with Crippen LogP contribution in [0.3, 0.4) is 0 Å². The molecule has 0 aliphatic rings. The number of hydrogen-bond donors (Lipinski definition) is 1. The molecule has 1 aromatic heterocycles. The Hall–Kier alpha value is -2.40. The topological polar surface area (TPSA) is 53.4 Å². The number of hydrogen-bond acceptors (Lipinski definition) is 4. The molecule has 0 saturated carbocycles. The van der Waals surface area contributed by atoms with Gasteiger partial charge in [0.25, 0.3) is 5.91 Å². The molecule has 3 rings (SSSR count). The number of aromatic hydroxyl groups is 1. The molecule has 1 heterocycles. The van der Waals surface area contributed by atoms with Crippen LogP contribution in [0.15, 0.2) is 42.5 Å². The molecule has 0 fully saturated rings. The maximum Gasteiger partial charge on any atom is 0.257 e. The predicted molar refractivity (Wildman–Crippen MR) is 88.3 cm³/mol. The lowest BCUT2D eigenvalue weighted by Gasteiger charge is -2.16. The number of phenols is 1. The molecule has 0 aliphatic heterocycles. The molecule has 0 aliphatic carbocycles. The SMILES string of the molecule is Cc1ccc(O)c(C(=O)N(C)Cc2nc3ccccc3s2)c1. The van der Waals surface area contributed by atoms with Crippen LogP contribution >= 0.6 is 11.3 Å². The third kappa shape index (κ3) is 2.80. The van der Waals surface area contributed by atoms with Crippen molar-refractivity contribution in [2.24, 2.45) is 0 Å². The smallest absolute Gasteiger partial charge is 0.257 e. The van der Waals surface area contributed by atoms with E-state index in [2.05, 4.69) is 4.98 Å². The van der Waals surface area contributed by atoms with Crippen molar-refractivity contribution in [3.05, 3.63) is 58.6 Å². The first-order valence-electron chi connectivity index (χ1n) is 6.94. The van der Waals surface area contributed by atoms with Crippen LogP contribution in [0, 0.1) is 6.92 Å². The summed E-state index contributed by atoms with van der Waals surface area (Å²) in [5, 5.41) is 10.8. The highest BCUT2D eigenvalue weighted by Gasteiger charge is 2.17. The van der Waals surface area contributed by atoms with Gasteiger partial charge in [0.1, 0.15) is 10.8 Å². The zero-order valence-corrected chi connectivity index (χ0v) is 13.2. The van der Waals surface area contributed by atoms with Crippen molar-refractivity contribution < 1.29 is 9.90 Å². The first-order valence-corrected chi connectivity index (χ1v) is 7.76. The van der Waals surface area contributed by atoms with Crippen molar-refractivity contribution in [2.45, 2.75) is 13.5 Å². The van der Waals surface area contributed by atoms with E-state index in [1.165, 1.54) is 0 Å². The lowest BCUT2D eigenvalue weighted by molar-refractivity contribution is 0.0782. The minimum absolute atomic E-state index is 0.00625. The number of fused-ring (bicyclic) bond motifs is 1. The number of phenolic OH excluding ortho intramolecular Hbond substituents is 1. The number of thiazole rings is 1. The Morgan fingerprint density at radius 3 is 2.82 bits per heavy atom. The summed E-state index contributed by atoms with van der Waals surface area (Å²) in [6, 6.07) is 12.9. The Bertz CT molecular complexity index is 809. The summed E-state index contributed by atoms with van der Waals surface area (Å²) in [6.07, 6.45) is 0. The van der Waals surface area contributed by atoms with Gasteiger partial charge in [0.05, 0.1) is 22.3 Å². The summed E-state index contributed by atoms with van der Waals surface area (Å²) in [6.45, 7) is 2.31. The Kier molecular flexibility index (Phi) is 3.81. The van der Waals surface area contributed by atoms with E-state index in [1.807, 2.05) is 31.2 Å². The van der Waals surface area contributed by atoms with Gasteiger partial charge in [-0.05, 0) is 31.2 Å². The number of benzene rings is 2. The molecule has 0 bridgehead atoms. The summed E-state index contributed by atoms with van der Waals surface area (Å²) in [5.41, 5.74) is 2.21. The van der Waals surface area contributed by atoms with E-state index in [0.717, 1.165) is 20.8 Å². The van der Waals surface area contributed by atoms with Crippen LogP contribution in [-0.2, 0) is 6.54 Å². The van der Waals surface area contributed by atoms with Gasteiger partial charge in [0.2, 0.25) is 0 Å². The second kappa shape index (κ2) is 5.77. The summed E-state index contributed by atoms with van der Waals surface area (Å²) in [7, 11) is 1.72. The van der Waals surface area contributed by atoms with Gasteiger partial charge in [-0.2, -0.15) is 0 Å². The Morgan fingerprint density at radius 1 is 1.27 bits per heavy atom. The van der Waals surface area contributed by atoms with Crippen LogP contribution in [-0.4, -0.2) is 27.9 Å². The highest BCUT2D eigenvalue weighted by Crippen LogP contribution is 2.24. The zero-order chi connectivity index (χ0) is 15.7. The average molecular weight is 312 g/mol. The molecule has 0 unspecified atom stereocenters. The first kappa shape index (κ1) is 14.5. The van der Waals surface area contributed by atoms with Crippen LogP contribution in [0.25, 0.3) is 10.2 Å². The van der Waals surface area contributed by atoms with Crippen molar-refractivity contribution in [3.63, 3.8) is 0 Å². The maximum absolute atomic E-state index is 12.5. The summed E-state index contributed by atoms with van der Waals surface area (Å²) in [4.78, 5) is 18.6. The van der Waals surface area contributed by atoms with Gasteiger partial charge < -0.3 is 10.0 Å². The van der Waals surface area contributed by atoms with E-state index in [1.54, 1.807) is 41.5 Å². The second-order valence-electron chi connectivity index (χ2n) is 5.26. The third-order valence-electron chi connectivity index (χ3n) is 3.44. The largest absolute Gasteiger partial charge is 0.507 e. The number of rotatable bonds is 3. The van der Waals surface area contributed by atoms with Gasteiger partial charge in [0.15, 0.2) is 0 Å². The minimum atomic E-state index is -0.208.